The molecular formula is C12H15N3OS. The van der Waals surface area contributed by atoms with Crippen LogP contribution in [0.1, 0.15) is 12.5 Å². The Morgan fingerprint density at radius 3 is 3.12 bits per heavy atom. The molecule has 1 aliphatic rings. The summed E-state index contributed by atoms with van der Waals surface area (Å²) in [6.07, 6.45) is 1.16. The summed E-state index contributed by atoms with van der Waals surface area (Å²) in [5.74, 6) is 3.78. The highest BCUT2D eigenvalue weighted by atomic mass is 32.2. The summed E-state index contributed by atoms with van der Waals surface area (Å²) in [7, 11) is 1.68. The highest BCUT2D eigenvalue weighted by molar-refractivity contribution is 7.99. The fourth-order valence-corrected chi connectivity index (χ4v) is 3.52. The predicted molar refractivity (Wildman–Crippen MR) is 71.7 cm³/mol. The van der Waals surface area contributed by atoms with Crippen molar-refractivity contribution in [2.75, 3.05) is 24.3 Å². The Labute approximate surface area is 104 Å². The van der Waals surface area contributed by atoms with Gasteiger partial charge in [-0.2, -0.15) is 11.8 Å². The Kier molecular flexibility index (Phi) is 2.63. The first kappa shape index (κ1) is 10.8. The predicted octanol–water partition coefficient (Wildman–Crippen LogP) is 2.31. The van der Waals surface area contributed by atoms with Gasteiger partial charge in [0.25, 0.3) is 0 Å². The van der Waals surface area contributed by atoms with Crippen molar-refractivity contribution in [3.63, 3.8) is 0 Å². The molecule has 90 valence electrons. The maximum atomic E-state index is 6.03. The van der Waals surface area contributed by atoms with Gasteiger partial charge in [0.2, 0.25) is 5.95 Å². The summed E-state index contributed by atoms with van der Waals surface area (Å²) >= 11 is 1.97. The van der Waals surface area contributed by atoms with Gasteiger partial charge in [-0.1, -0.05) is 0 Å². The first-order valence-corrected chi connectivity index (χ1v) is 6.84. The van der Waals surface area contributed by atoms with Crippen LogP contribution in [0.5, 0.6) is 5.75 Å². The molecule has 1 aromatic carbocycles. The molecule has 1 atom stereocenters. The van der Waals surface area contributed by atoms with Crippen LogP contribution in [0.3, 0.4) is 0 Å². The molecule has 1 fully saturated rings. The molecule has 0 radical (unpaired) electrons. The Bertz CT molecular complexity index is 546. The van der Waals surface area contributed by atoms with Crippen molar-refractivity contribution in [1.82, 2.24) is 9.55 Å². The van der Waals surface area contributed by atoms with Crippen molar-refractivity contribution in [3.8, 4) is 5.75 Å². The van der Waals surface area contributed by atoms with E-state index >= 15 is 0 Å². The highest BCUT2D eigenvalue weighted by Crippen LogP contribution is 2.34. The van der Waals surface area contributed by atoms with Crippen LogP contribution in [0.15, 0.2) is 18.2 Å². The number of benzene rings is 1. The van der Waals surface area contributed by atoms with Crippen LogP contribution in [-0.2, 0) is 0 Å². The van der Waals surface area contributed by atoms with E-state index in [1.54, 1.807) is 7.11 Å². The average molecular weight is 249 g/mol. The zero-order valence-electron chi connectivity index (χ0n) is 9.72. The fraction of sp³-hybridized carbons (Fsp3) is 0.417. The topological polar surface area (TPSA) is 53.1 Å². The van der Waals surface area contributed by atoms with Gasteiger partial charge in [0.15, 0.2) is 0 Å². The van der Waals surface area contributed by atoms with Crippen molar-refractivity contribution in [2.24, 2.45) is 0 Å². The third kappa shape index (κ3) is 1.74. The van der Waals surface area contributed by atoms with Crippen LogP contribution < -0.4 is 10.5 Å². The number of ether oxygens (including phenoxy) is 1. The molecule has 5 heteroatoms. The van der Waals surface area contributed by atoms with Crippen molar-refractivity contribution in [1.29, 1.82) is 0 Å². The van der Waals surface area contributed by atoms with Gasteiger partial charge >= 0.3 is 0 Å². The van der Waals surface area contributed by atoms with Gasteiger partial charge in [-0.3, -0.25) is 0 Å². The molecule has 1 aromatic heterocycles. The number of nitrogens with two attached hydrogens (primary N) is 1. The van der Waals surface area contributed by atoms with Gasteiger partial charge in [-0.15, -0.1) is 0 Å². The number of nitrogen functional groups attached to an aromatic ring is 1. The number of imidazole rings is 1. The zero-order chi connectivity index (χ0) is 11.8. The van der Waals surface area contributed by atoms with Crippen LogP contribution >= 0.6 is 11.8 Å². The number of thioether (sulfide) groups is 1. The van der Waals surface area contributed by atoms with Crippen LogP contribution in [0.4, 0.5) is 5.95 Å². The SMILES string of the molecule is COc1ccc2nc(N)n(C3CCSC3)c2c1. The summed E-state index contributed by atoms with van der Waals surface area (Å²) < 4.78 is 7.41. The average Bonchev–Trinajstić information content (AvgIpc) is 2.93. The van der Waals surface area contributed by atoms with Gasteiger partial charge < -0.3 is 15.0 Å². The second kappa shape index (κ2) is 4.14. The number of aromatic nitrogens is 2. The smallest absolute Gasteiger partial charge is 0.201 e. The molecule has 4 nitrogen and oxygen atoms in total. The second-order valence-electron chi connectivity index (χ2n) is 4.21. The van der Waals surface area contributed by atoms with Crippen LogP contribution in [-0.4, -0.2) is 28.2 Å². The molecule has 0 bridgehead atoms. The lowest BCUT2D eigenvalue weighted by atomic mass is 10.2. The van der Waals surface area contributed by atoms with Gasteiger partial charge in [0, 0.05) is 17.9 Å². The van der Waals surface area contributed by atoms with E-state index in [0.29, 0.717) is 12.0 Å². The second-order valence-corrected chi connectivity index (χ2v) is 5.36. The number of hydrogen-bond donors (Lipinski definition) is 1. The zero-order valence-corrected chi connectivity index (χ0v) is 10.5. The van der Waals surface area contributed by atoms with E-state index in [-0.39, 0.29) is 0 Å². The van der Waals surface area contributed by atoms with Crippen LogP contribution in [0.25, 0.3) is 11.0 Å². The molecule has 2 heterocycles. The Balaban J connectivity index is 2.17. The lowest BCUT2D eigenvalue weighted by Crippen LogP contribution is -2.10. The molecule has 3 rings (SSSR count). The minimum Gasteiger partial charge on any atom is -0.497 e. The number of nitrogens with zero attached hydrogens (tertiary/aromatic N) is 2. The first-order chi connectivity index (χ1) is 8.29. The van der Waals surface area contributed by atoms with Crippen molar-refractivity contribution >= 4 is 28.7 Å². The van der Waals surface area contributed by atoms with Crippen molar-refractivity contribution in [3.05, 3.63) is 18.2 Å². The Morgan fingerprint density at radius 1 is 1.53 bits per heavy atom. The third-order valence-corrected chi connectivity index (χ3v) is 4.34. The summed E-state index contributed by atoms with van der Waals surface area (Å²) in [5, 5.41) is 0. The summed E-state index contributed by atoms with van der Waals surface area (Å²) in [5.41, 5.74) is 8.05. The Hall–Kier alpha value is -1.36. The lowest BCUT2D eigenvalue weighted by Gasteiger charge is -2.13. The molecule has 0 amide bonds. The maximum Gasteiger partial charge on any atom is 0.201 e. The van der Waals surface area contributed by atoms with E-state index in [1.807, 2.05) is 30.0 Å². The molecular weight excluding hydrogens is 234 g/mol. The number of methoxy groups -OCH3 is 1. The third-order valence-electron chi connectivity index (χ3n) is 3.19. The van der Waals surface area contributed by atoms with E-state index < -0.39 is 0 Å². The minimum absolute atomic E-state index is 0.470. The van der Waals surface area contributed by atoms with Gasteiger partial charge in [-0.05, 0) is 24.3 Å². The van der Waals surface area contributed by atoms with Gasteiger partial charge in [-0.25, -0.2) is 4.98 Å². The Morgan fingerprint density at radius 2 is 2.41 bits per heavy atom. The normalized spacial score (nSPS) is 19.9. The van der Waals surface area contributed by atoms with E-state index in [1.165, 1.54) is 5.75 Å². The highest BCUT2D eigenvalue weighted by Gasteiger charge is 2.22. The van der Waals surface area contributed by atoms with Crippen LogP contribution in [0, 0.1) is 0 Å². The van der Waals surface area contributed by atoms with E-state index in [2.05, 4.69) is 9.55 Å². The van der Waals surface area contributed by atoms with Gasteiger partial charge in [0.1, 0.15) is 5.75 Å². The monoisotopic (exact) mass is 249 g/mol. The molecule has 2 aromatic rings. The number of anilines is 1. The lowest BCUT2D eigenvalue weighted by molar-refractivity contribution is 0.415. The summed E-state index contributed by atoms with van der Waals surface area (Å²) in [6.45, 7) is 0. The molecule has 0 aliphatic carbocycles. The molecule has 17 heavy (non-hydrogen) atoms. The number of fused-ring (bicyclic) bond motifs is 1. The molecule has 1 saturated heterocycles. The summed E-state index contributed by atoms with van der Waals surface area (Å²) in [6, 6.07) is 6.37. The molecule has 1 unspecified atom stereocenters. The first-order valence-electron chi connectivity index (χ1n) is 5.69. The number of hydrogen-bond acceptors (Lipinski definition) is 4. The summed E-state index contributed by atoms with van der Waals surface area (Å²) in [4.78, 5) is 4.41. The van der Waals surface area contributed by atoms with E-state index in [0.717, 1.165) is 29.0 Å². The van der Waals surface area contributed by atoms with Crippen LogP contribution in [0.2, 0.25) is 0 Å². The number of rotatable bonds is 2. The van der Waals surface area contributed by atoms with Gasteiger partial charge in [0.05, 0.1) is 18.1 Å². The molecule has 0 spiro atoms. The molecule has 0 saturated carbocycles. The largest absolute Gasteiger partial charge is 0.497 e. The van der Waals surface area contributed by atoms with E-state index in [4.69, 9.17) is 10.5 Å². The van der Waals surface area contributed by atoms with Crippen molar-refractivity contribution in [2.45, 2.75) is 12.5 Å². The maximum absolute atomic E-state index is 6.03. The standard InChI is InChI=1S/C12H15N3OS/c1-16-9-2-3-10-11(6-9)15(12(13)14-10)8-4-5-17-7-8/h2-3,6,8H,4-5,7H2,1H3,(H2,13,14). The minimum atomic E-state index is 0.470. The quantitative estimate of drug-likeness (QED) is 0.887. The molecule has 2 N–H and O–H groups in total. The fourth-order valence-electron chi connectivity index (χ4n) is 2.33. The van der Waals surface area contributed by atoms with E-state index in [9.17, 15) is 0 Å². The van der Waals surface area contributed by atoms with Crippen molar-refractivity contribution < 1.29 is 4.74 Å². The molecule has 1 aliphatic heterocycles.